The van der Waals surface area contributed by atoms with Crippen molar-refractivity contribution in [3.05, 3.63) is 93.5 Å². The molecule has 0 atom stereocenters. The van der Waals surface area contributed by atoms with Gasteiger partial charge in [-0.05, 0) is 54.4 Å². The van der Waals surface area contributed by atoms with Crippen LogP contribution in [0.5, 0.6) is 0 Å². The van der Waals surface area contributed by atoms with E-state index in [1.54, 1.807) is 47.2 Å². The van der Waals surface area contributed by atoms with Crippen molar-refractivity contribution in [1.29, 1.82) is 0 Å². The fourth-order valence-corrected chi connectivity index (χ4v) is 5.50. The van der Waals surface area contributed by atoms with Crippen LogP contribution in [-0.4, -0.2) is 18.9 Å². The van der Waals surface area contributed by atoms with Crippen LogP contribution in [0.3, 0.4) is 0 Å². The summed E-state index contributed by atoms with van der Waals surface area (Å²) in [6.07, 6.45) is 1.54. The molecule has 0 spiro atoms. The van der Waals surface area contributed by atoms with Gasteiger partial charge in [0.1, 0.15) is 6.54 Å². The zero-order valence-corrected chi connectivity index (χ0v) is 20.3. The summed E-state index contributed by atoms with van der Waals surface area (Å²) in [6, 6.07) is 19.5. The number of benzene rings is 3. The van der Waals surface area contributed by atoms with Crippen LogP contribution < -0.4 is 5.32 Å². The number of rotatable bonds is 6. The van der Waals surface area contributed by atoms with Crippen LogP contribution in [0.4, 0.5) is 5.69 Å². The number of sulfone groups is 1. The molecule has 4 aromatic rings. The fraction of sp³-hybridized carbons (Fsp3) is 0.125. The highest BCUT2D eigenvalue weighted by atomic mass is 79.9. The highest BCUT2D eigenvalue weighted by molar-refractivity contribution is 9.10. The predicted molar refractivity (Wildman–Crippen MR) is 132 cm³/mol. The van der Waals surface area contributed by atoms with Crippen LogP contribution in [-0.2, 0) is 26.9 Å². The zero-order valence-electron chi connectivity index (χ0n) is 17.2. The van der Waals surface area contributed by atoms with Gasteiger partial charge in [0.25, 0.3) is 0 Å². The lowest BCUT2D eigenvalue weighted by molar-refractivity contribution is -0.116. The molecule has 1 amide bonds. The second-order valence-electron chi connectivity index (χ2n) is 7.54. The van der Waals surface area contributed by atoms with Crippen LogP contribution in [0.25, 0.3) is 10.9 Å². The van der Waals surface area contributed by atoms with E-state index in [1.165, 1.54) is 0 Å². The van der Waals surface area contributed by atoms with Gasteiger partial charge in [-0.3, -0.25) is 4.79 Å². The summed E-state index contributed by atoms with van der Waals surface area (Å²) in [5.74, 6) is -0.392. The number of halogens is 2. The summed E-state index contributed by atoms with van der Waals surface area (Å²) in [7, 11) is -3.64. The lowest BCUT2D eigenvalue weighted by Crippen LogP contribution is -2.18. The standard InChI is InChI=1S/C24H20BrClN2O3S/c1-16-12-19(10-11-21(16)25)27-24(29)14-28-13-23(20-4-2-3-5-22(20)28)32(30,31)15-17-6-8-18(26)9-7-17/h2-13H,14-15H2,1H3,(H,27,29). The van der Waals surface area contributed by atoms with E-state index in [9.17, 15) is 13.2 Å². The average Bonchev–Trinajstić information content (AvgIpc) is 3.12. The SMILES string of the molecule is Cc1cc(NC(=O)Cn2cc(S(=O)(=O)Cc3ccc(Cl)cc3)c3ccccc32)ccc1Br. The number of aryl methyl sites for hydroxylation is 1. The Morgan fingerprint density at radius 2 is 1.78 bits per heavy atom. The maximum absolute atomic E-state index is 13.2. The largest absolute Gasteiger partial charge is 0.337 e. The van der Waals surface area contributed by atoms with Gasteiger partial charge in [-0.15, -0.1) is 0 Å². The number of nitrogens with zero attached hydrogens (tertiary/aromatic N) is 1. The second kappa shape index (κ2) is 9.10. The topological polar surface area (TPSA) is 68.2 Å². The van der Waals surface area contributed by atoms with Crippen molar-refractivity contribution in [3.63, 3.8) is 0 Å². The summed E-state index contributed by atoms with van der Waals surface area (Å²) in [4.78, 5) is 12.9. The Bertz CT molecular complexity index is 1410. The van der Waals surface area contributed by atoms with Crippen LogP contribution >= 0.6 is 27.5 Å². The van der Waals surface area contributed by atoms with Crippen LogP contribution in [0.15, 0.2) is 82.3 Å². The van der Waals surface area contributed by atoms with Crippen molar-refractivity contribution in [1.82, 2.24) is 4.57 Å². The Balaban J connectivity index is 1.62. The second-order valence-corrected chi connectivity index (χ2v) is 10.8. The molecule has 0 fully saturated rings. The van der Waals surface area contributed by atoms with Gasteiger partial charge in [0.2, 0.25) is 5.91 Å². The van der Waals surface area contributed by atoms with E-state index in [0.717, 1.165) is 10.0 Å². The first-order valence-electron chi connectivity index (χ1n) is 9.84. The van der Waals surface area contributed by atoms with Crippen molar-refractivity contribution < 1.29 is 13.2 Å². The lowest BCUT2D eigenvalue weighted by Gasteiger charge is -2.09. The normalized spacial score (nSPS) is 11.6. The Morgan fingerprint density at radius 1 is 1.06 bits per heavy atom. The number of carbonyl (C=O) groups excluding carboxylic acids is 1. The van der Waals surface area contributed by atoms with Crippen molar-refractivity contribution in [2.75, 3.05) is 5.32 Å². The Morgan fingerprint density at radius 3 is 2.50 bits per heavy atom. The molecule has 1 aromatic heterocycles. The molecule has 0 unspecified atom stereocenters. The van der Waals surface area contributed by atoms with Crippen molar-refractivity contribution in [3.8, 4) is 0 Å². The van der Waals surface area contributed by atoms with E-state index < -0.39 is 9.84 Å². The molecule has 1 heterocycles. The molecule has 0 aliphatic carbocycles. The number of nitrogens with one attached hydrogen (secondary N) is 1. The smallest absolute Gasteiger partial charge is 0.244 e. The quantitative estimate of drug-likeness (QED) is 0.333. The maximum atomic E-state index is 13.2. The van der Waals surface area contributed by atoms with Crippen LogP contribution in [0.2, 0.25) is 5.02 Å². The van der Waals surface area contributed by atoms with Crippen molar-refractivity contribution >= 4 is 59.9 Å². The van der Waals surface area contributed by atoms with Gasteiger partial charge >= 0.3 is 0 Å². The third-order valence-electron chi connectivity index (χ3n) is 5.11. The van der Waals surface area contributed by atoms with Gasteiger partial charge in [-0.25, -0.2) is 8.42 Å². The minimum absolute atomic E-state index is 0.00785. The minimum atomic E-state index is -3.64. The van der Waals surface area contributed by atoms with Gasteiger partial charge in [-0.2, -0.15) is 0 Å². The molecular weight excluding hydrogens is 512 g/mol. The molecule has 0 saturated heterocycles. The molecule has 0 radical (unpaired) electrons. The van der Waals surface area contributed by atoms with Gasteiger partial charge in [0, 0.05) is 32.3 Å². The fourth-order valence-electron chi connectivity index (χ4n) is 3.55. The highest BCUT2D eigenvalue weighted by Crippen LogP contribution is 2.28. The third kappa shape index (κ3) is 4.90. The molecule has 3 aromatic carbocycles. The Hall–Kier alpha value is -2.61. The summed E-state index contributed by atoms with van der Waals surface area (Å²) < 4.78 is 29.0. The summed E-state index contributed by atoms with van der Waals surface area (Å²) >= 11 is 9.36. The van der Waals surface area contributed by atoms with Gasteiger partial charge in [0.15, 0.2) is 9.84 Å². The number of fused-ring (bicyclic) bond motifs is 1. The van der Waals surface area contributed by atoms with Gasteiger partial charge in [0.05, 0.1) is 10.6 Å². The van der Waals surface area contributed by atoms with E-state index >= 15 is 0 Å². The first kappa shape index (κ1) is 22.6. The number of para-hydroxylation sites is 1. The van der Waals surface area contributed by atoms with Crippen molar-refractivity contribution in [2.24, 2.45) is 0 Å². The molecule has 0 aliphatic heterocycles. The number of carbonyl (C=O) groups is 1. The molecule has 0 bridgehead atoms. The Labute approximate surface area is 200 Å². The third-order valence-corrected chi connectivity index (χ3v) is 7.96. The van der Waals surface area contributed by atoms with E-state index in [4.69, 9.17) is 11.6 Å². The number of anilines is 1. The van der Waals surface area contributed by atoms with E-state index in [0.29, 0.717) is 27.2 Å². The predicted octanol–water partition coefficient (Wildman–Crippen LogP) is 5.98. The first-order chi connectivity index (χ1) is 15.2. The molecule has 8 heteroatoms. The summed E-state index contributed by atoms with van der Waals surface area (Å²) in [5, 5.41) is 4.02. The summed E-state index contributed by atoms with van der Waals surface area (Å²) in [6.45, 7) is 1.93. The molecule has 1 N–H and O–H groups in total. The van der Waals surface area contributed by atoms with E-state index in [2.05, 4.69) is 21.2 Å². The molecule has 5 nitrogen and oxygen atoms in total. The molecule has 32 heavy (non-hydrogen) atoms. The van der Waals surface area contributed by atoms with Crippen molar-refractivity contribution in [2.45, 2.75) is 24.1 Å². The Kier molecular flexibility index (Phi) is 6.42. The van der Waals surface area contributed by atoms with Gasteiger partial charge in [-0.1, -0.05) is 57.9 Å². The molecule has 4 rings (SSSR count). The van der Waals surface area contributed by atoms with Gasteiger partial charge < -0.3 is 9.88 Å². The van der Waals surface area contributed by atoms with Crippen LogP contribution in [0, 0.1) is 6.92 Å². The maximum Gasteiger partial charge on any atom is 0.244 e. The van der Waals surface area contributed by atoms with E-state index in [1.807, 2.05) is 37.3 Å². The minimum Gasteiger partial charge on any atom is -0.337 e. The number of hydrogen-bond donors (Lipinski definition) is 1. The lowest BCUT2D eigenvalue weighted by atomic mass is 10.2. The summed E-state index contributed by atoms with van der Waals surface area (Å²) in [5.41, 5.74) is 3.02. The zero-order chi connectivity index (χ0) is 22.9. The monoisotopic (exact) mass is 530 g/mol. The molecule has 0 saturated carbocycles. The number of aromatic nitrogens is 1. The average molecular weight is 532 g/mol. The molecular formula is C24H20BrClN2O3S. The number of amides is 1. The highest BCUT2D eigenvalue weighted by Gasteiger charge is 2.22. The number of hydrogen-bond acceptors (Lipinski definition) is 3. The molecule has 0 aliphatic rings. The molecule has 164 valence electrons. The van der Waals surface area contributed by atoms with Crippen LogP contribution in [0.1, 0.15) is 11.1 Å². The first-order valence-corrected chi connectivity index (χ1v) is 12.7. The van der Waals surface area contributed by atoms with E-state index in [-0.39, 0.29) is 23.1 Å².